The molecule has 22 heavy (non-hydrogen) atoms. The maximum absolute atomic E-state index is 11.0. The smallest absolute Gasteiger partial charge is 0.216 e. The summed E-state index contributed by atoms with van der Waals surface area (Å²) in [6.07, 6.45) is 1.98. The molecular weight excluding hydrogens is 282 g/mol. The molecule has 0 fully saturated rings. The molecule has 1 amide bonds. The Hall–Kier alpha value is -2.34. The number of ether oxygens (including phenoxy) is 2. The van der Waals surface area contributed by atoms with Crippen LogP contribution in [0.3, 0.4) is 0 Å². The minimum atomic E-state index is -0.0465. The fourth-order valence-corrected chi connectivity index (χ4v) is 2.56. The second-order valence-electron chi connectivity index (χ2n) is 5.27. The number of nitrogens with one attached hydrogen (secondary N) is 1. The van der Waals surface area contributed by atoms with Crippen LogP contribution in [0.1, 0.15) is 12.7 Å². The molecule has 0 saturated carbocycles. The van der Waals surface area contributed by atoms with Crippen molar-refractivity contribution in [3.63, 3.8) is 0 Å². The standard InChI is InChI=1S/C16H19N3O3/c1-11(20)17-7-12-8-19-9-14(18-16(19)10-22-12)13-5-3-4-6-15(13)21-2/h3-6,9,12H,7-8,10H2,1-2H3,(H,17,20)/t12-/m0/s1. The van der Waals surface area contributed by atoms with Crippen LogP contribution in [0.4, 0.5) is 0 Å². The number of imidazole rings is 1. The van der Waals surface area contributed by atoms with Crippen LogP contribution in [0.25, 0.3) is 11.3 Å². The van der Waals surface area contributed by atoms with E-state index in [4.69, 9.17) is 9.47 Å². The number of aromatic nitrogens is 2. The summed E-state index contributed by atoms with van der Waals surface area (Å²) in [7, 11) is 1.65. The van der Waals surface area contributed by atoms with Crippen LogP contribution in [0.2, 0.25) is 0 Å². The van der Waals surface area contributed by atoms with Gasteiger partial charge in [0.15, 0.2) is 0 Å². The summed E-state index contributed by atoms with van der Waals surface area (Å²) in [6.45, 7) is 3.14. The zero-order chi connectivity index (χ0) is 15.5. The monoisotopic (exact) mass is 301 g/mol. The number of para-hydroxylation sites is 1. The zero-order valence-corrected chi connectivity index (χ0v) is 12.7. The topological polar surface area (TPSA) is 65.4 Å². The number of carbonyl (C=O) groups excluding carboxylic acids is 1. The van der Waals surface area contributed by atoms with E-state index in [1.54, 1.807) is 7.11 Å². The molecule has 0 unspecified atom stereocenters. The van der Waals surface area contributed by atoms with E-state index in [0.29, 0.717) is 19.7 Å². The summed E-state index contributed by atoms with van der Waals surface area (Å²) < 4.78 is 13.2. The first-order valence-corrected chi connectivity index (χ1v) is 7.23. The fourth-order valence-electron chi connectivity index (χ4n) is 2.56. The van der Waals surface area contributed by atoms with Gasteiger partial charge in [-0.15, -0.1) is 0 Å². The van der Waals surface area contributed by atoms with Gasteiger partial charge in [-0.2, -0.15) is 0 Å². The number of carbonyl (C=O) groups is 1. The molecule has 2 heterocycles. The quantitative estimate of drug-likeness (QED) is 0.931. The Morgan fingerprint density at radius 1 is 1.50 bits per heavy atom. The fraction of sp³-hybridized carbons (Fsp3) is 0.375. The van der Waals surface area contributed by atoms with Gasteiger partial charge in [-0.25, -0.2) is 4.98 Å². The molecule has 1 N–H and O–H groups in total. The maximum atomic E-state index is 11.0. The third-order valence-electron chi connectivity index (χ3n) is 3.67. The van der Waals surface area contributed by atoms with Crippen molar-refractivity contribution in [2.75, 3.05) is 13.7 Å². The van der Waals surface area contributed by atoms with Crippen molar-refractivity contribution in [3.05, 3.63) is 36.3 Å². The largest absolute Gasteiger partial charge is 0.496 e. The van der Waals surface area contributed by atoms with Gasteiger partial charge in [0.1, 0.15) is 18.2 Å². The predicted octanol–water partition coefficient (Wildman–Crippen LogP) is 1.59. The first kappa shape index (κ1) is 14.6. The molecule has 1 aromatic carbocycles. The van der Waals surface area contributed by atoms with Gasteiger partial charge in [0.25, 0.3) is 0 Å². The SMILES string of the molecule is COc1ccccc1-c1cn2c(n1)CO[C@@H](CNC(C)=O)C2. The molecule has 0 saturated heterocycles. The lowest BCUT2D eigenvalue weighted by Gasteiger charge is -2.24. The number of hydrogen-bond donors (Lipinski definition) is 1. The number of rotatable bonds is 4. The Morgan fingerprint density at radius 2 is 2.32 bits per heavy atom. The molecule has 0 aliphatic carbocycles. The molecule has 116 valence electrons. The van der Waals surface area contributed by atoms with E-state index in [-0.39, 0.29) is 12.0 Å². The first-order chi connectivity index (χ1) is 10.7. The summed E-state index contributed by atoms with van der Waals surface area (Å²) in [6, 6.07) is 7.81. The maximum Gasteiger partial charge on any atom is 0.216 e. The van der Waals surface area contributed by atoms with Crippen LogP contribution in [0.5, 0.6) is 5.75 Å². The molecular formula is C16H19N3O3. The lowest BCUT2D eigenvalue weighted by molar-refractivity contribution is -0.120. The van der Waals surface area contributed by atoms with E-state index in [9.17, 15) is 4.79 Å². The van der Waals surface area contributed by atoms with Gasteiger partial charge in [0.05, 0.1) is 25.5 Å². The lowest BCUT2D eigenvalue weighted by Crippen LogP contribution is -2.37. The van der Waals surface area contributed by atoms with Gasteiger partial charge < -0.3 is 19.4 Å². The molecule has 1 aliphatic rings. The molecule has 3 rings (SSSR count). The van der Waals surface area contributed by atoms with Gasteiger partial charge >= 0.3 is 0 Å². The summed E-state index contributed by atoms with van der Waals surface area (Å²) in [5.74, 6) is 1.64. The van der Waals surface area contributed by atoms with Gasteiger partial charge in [0, 0.05) is 25.2 Å². The summed E-state index contributed by atoms with van der Waals surface area (Å²) in [5.41, 5.74) is 1.83. The predicted molar refractivity (Wildman–Crippen MR) is 81.5 cm³/mol. The molecule has 6 heteroatoms. The summed E-state index contributed by atoms with van der Waals surface area (Å²) in [4.78, 5) is 15.6. The second kappa shape index (κ2) is 6.19. The number of fused-ring (bicyclic) bond motifs is 1. The zero-order valence-electron chi connectivity index (χ0n) is 12.7. The van der Waals surface area contributed by atoms with Gasteiger partial charge in [-0.3, -0.25) is 4.79 Å². The van der Waals surface area contributed by atoms with Crippen molar-refractivity contribution in [2.45, 2.75) is 26.2 Å². The van der Waals surface area contributed by atoms with Crippen LogP contribution in [0, 0.1) is 0 Å². The number of methoxy groups -OCH3 is 1. The van der Waals surface area contributed by atoms with E-state index < -0.39 is 0 Å². The van der Waals surface area contributed by atoms with Crippen molar-refractivity contribution in [2.24, 2.45) is 0 Å². The number of hydrogen-bond acceptors (Lipinski definition) is 4. The Balaban J connectivity index is 1.80. The van der Waals surface area contributed by atoms with E-state index >= 15 is 0 Å². The van der Waals surface area contributed by atoms with E-state index in [1.807, 2.05) is 30.5 Å². The highest BCUT2D eigenvalue weighted by Gasteiger charge is 2.22. The van der Waals surface area contributed by atoms with Gasteiger partial charge in [-0.1, -0.05) is 12.1 Å². The number of benzene rings is 1. The minimum absolute atomic E-state index is 0.0314. The average molecular weight is 301 g/mol. The molecule has 0 bridgehead atoms. The molecule has 1 atom stereocenters. The molecule has 2 aromatic rings. The Kier molecular flexibility index (Phi) is 4.11. The molecule has 0 radical (unpaired) electrons. The highest BCUT2D eigenvalue weighted by atomic mass is 16.5. The van der Waals surface area contributed by atoms with Crippen molar-refractivity contribution >= 4 is 5.91 Å². The Bertz CT molecular complexity index is 681. The third-order valence-corrected chi connectivity index (χ3v) is 3.67. The molecule has 0 spiro atoms. The highest BCUT2D eigenvalue weighted by Crippen LogP contribution is 2.29. The summed E-state index contributed by atoms with van der Waals surface area (Å²) >= 11 is 0. The van der Waals surface area contributed by atoms with Crippen LogP contribution < -0.4 is 10.1 Å². The second-order valence-corrected chi connectivity index (χ2v) is 5.27. The molecule has 6 nitrogen and oxygen atoms in total. The van der Waals surface area contributed by atoms with Crippen molar-refractivity contribution in [3.8, 4) is 17.0 Å². The van der Waals surface area contributed by atoms with Crippen molar-refractivity contribution < 1.29 is 14.3 Å². The Morgan fingerprint density at radius 3 is 3.09 bits per heavy atom. The van der Waals surface area contributed by atoms with Crippen LogP contribution in [-0.4, -0.2) is 35.2 Å². The number of nitrogens with zero attached hydrogens (tertiary/aromatic N) is 2. The molecule has 1 aliphatic heterocycles. The number of amides is 1. The lowest BCUT2D eigenvalue weighted by atomic mass is 10.1. The van der Waals surface area contributed by atoms with Crippen LogP contribution in [0.15, 0.2) is 30.5 Å². The minimum Gasteiger partial charge on any atom is -0.496 e. The first-order valence-electron chi connectivity index (χ1n) is 7.23. The van der Waals surface area contributed by atoms with E-state index in [0.717, 1.165) is 22.8 Å². The average Bonchev–Trinajstić information content (AvgIpc) is 2.95. The summed E-state index contributed by atoms with van der Waals surface area (Å²) in [5, 5.41) is 2.79. The van der Waals surface area contributed by atoms with Crippen LogP contribution in [-0.2, 0) is 22.7 Å². The van der Waals surface area contributed by atoms with E-state index in [2.05, 4.69) is 14.9 Å². The third kappa shape index (κ3) is 2.96. The van der Waals surface area contributed by atoms with Crippen molar-refractivity contribution in [1.29, 1.82) is 0 Å². The van der Waals surface area contributed by atoms with Crippen molar-refractivity contribution in [1.82, 2.24) is 14.9 Å². The van der Waals surface area contributed by atoms with Crippen LogP contribution >= 0.6 is 0 Å². The highest BCUT2D eigenvalue weighted by molar-refractivity contribution is 5.72. The molecule has 1 aromatic heterocycles. The van der Waals surface area contributed by atoms with E-state index in [1.165, 1.54) is 6.92 Å². The van der Waals surface area contributed by atoms with Gasteiger partial charge in [-0.05, 0) is 12.1 Å². The Labute approximate surface area is 129 Å². The van der Waals surface area contributed by atoms with Gasteiger partial charge in [0.2, 0.25) is 5.91 Å². The normalized spacial score (nSPS) is 16.9.